The van der Waals surface area contributed by atoms with Crippen LogP contribution in [0.2, 0.25) is 0 Å². The summed E-state index contributed by atoms with van der Waals surface area (Å²) >= 11 is 0. The molecule has 0 nitrogen and oxygen atoms in total. The Morgan fingerprint density at radius 1 is 1.25 bits per heavy atom. The molecule has 3 rings (SSSR count). The highest BCUT2D eigenvalue weighted by Crippen LogP contribution is 2.65. The van der Waals surface area contributed by atoms with Gasteiger partial charge in [0.2, 0.25) is 0 Å². The summed E-state index contributed by atoms with van der Waals surface area (Å²) in [5, 5.41) is 0. The van der Waals surface area contributed by atoms with Crippen LogP contribution in [0, 0.1) is 17.7 Å². The van der Waals surface area contributed by atoms with Crippen LogP contribution in [0.4, 0.5) is 8.78 Å². The monoisotopic (exact) mass is 220 g/mol. The van der Waals surface area contributed by atoms with Crippen LogP contribution >= 0.6 is 0 Å². The second-order valence-electron chi connectivity index (χ2n) is 4.94. The van der Waals surface area contributed by atoms with Crippen molar-refractivity contribution >= 4 is 0 Å². The van der Waals surface area contributed by atoms with Gasteiger partial charge in [-0.05, 0) is 49.3 Å². The van der Waals surface area contributed by atoms with E-state index < -0.39 is 12.0 Å². The van der Waals surface area contributed by atoms with Crippen molar-refractivity contribution in [2.75, 3.05) is 0 Å². The second-order valence-corrected chi connectivity index (χ2v) is 4.94. The van der Waals surface area contributed by atoms with Gasteiger partial charge in [-0.3, -0.25) is 0 Å². The zero-order valence-corrected chi connectivity index (χ0v) is 9.37. The average molecular weight is 220 g/mol. The zero-order valence-electron chi connectivity index (χ0n) is 9.37. The lowest BCUT2D eigenvalue weighted by Crippen LogP contribution is -1.94. The zero-order chi connectivity index (χ0) is 11.4. The lowest BCUT2D eigenvalue weighted by Gasteiger charge is -2.07. The lowest BCUT2D eigenvalue weighted by atomic mass is 10.0. The van der Waals surface area contributed by atoms with Crippen molar-refractivity contribution in [2.24, 2.45) is 11.8 Å². The van der Waals surface area contributed by atoms with Gasteiger partial charge in [0, 0.05) is 5.56 Å². The van der Waals surface area contributed by atoms with Crippen molar-refractivity contribution in [3.8, 4) is 0 Å². The number of allylic oxidation sites excluding steroid dienone is 2. The Morgan fingerprint density at radius 2 is 2.00 bits per heavy atom. The molecule has 0 amide bonds. The topological polar surface area (TPSA) is 0 Å². The first kappa shape index (κ1) is 10.0. The van der Waals surface area contributed by atoms with Crippen molar-refractivity contribution in [3.63, 3.8) is 0 Å². The number of fused-ring (bicyclic) bond motifs is 1. The number of hydrogen-bond acceptors (Lipinski definition) is 0. The van der Waals surface area contributed by atoms with Gasteiger partial charge in [-0.1, -0.05) is 17.7 Å². The standard InChI is InChI=1S/C14H14F2/c1-7-5-11-13(7)14(11)9-3-4-12(16)10(6-9)8(2)15/h3-6,8,11,13-14H,1-2H3. The normalized spacial score (nSPS) is 32.5. The van der Waals surface area contributed by atoms with Gasteiger partial charge < -0.3 is 0 Å². The molecule has 2 aliphatic carbocycles. The SMILES string of the molecule is CC1=CC2C1C2c1ccc(F)c(C(C)F)c1. The summed E-state index contributed by atoms with van der Waals surface area (Å²) in [7, 11) is 0. The van der Waals surface area contributed by atoms with Crippen LogP contribution in [0.3, 0.4) is 0 Å². The molecule has 16 heavy (non-hydrogen) atoms. The van der Waals surface area contributed by atoms with E-state index in [1.165, 1.54) is 18.6 Å². The Labute approximate surface area is 94.0 Å². The summed E-state index contributed by atoms with van der Waals surface area (Å²) in [6.07, 6.45) is 1.03. The van der Waals surface area contributed by atoms with E-state index in [2.05, 4.69) is 13.0 Å². The van der Waals surface area contributed by atoms with E-state index in [0.717, 1.165) is 5.56 Å². The minimum absolute atomic E-state index is 0.196. The predicted octanol–water partition coefficient (Wildman–Crippen LogP) is 4.15. The summed E-state index contributed by atoms with van der Waals surface area (Å²) in [6, 6.07) is 4.89. The van der Waals surface area contributed by atoms with Crippen molar-refractivity contribution in [2.45, 2.75) is 25.9 Å². The first-order chi connectivity index (χ1) is 7.59. The molecule has 0 aromatic heterocycles. The van der Waals surface area contributed by atoms with Crippen LogP contribution in [0.15, 0.2) is 29.8 Å². The number of benzene rings is 1. The molecule has 4 atom stereocenters. The highest BCUT2D eigenvalue weighted by atomic mass is 19.1. The van der Waals surface area contributed by atoms with Crippen LogP contribution in [-0.4, -0.2) is 0 Å². The molecule has 0 spiro atoms. The van der Waals surface area contributed by atoms with E-state index >= 15 is 0 Å². The maximum atomic E-state index is 13.3. The Hall–Kier alpha value is -1.18. The van der Waals surface area contributed by atoms with Crippen LogP contribution in [-0.2, 0) is 0 Å². The number of hydrogen-bond donors (Lipinski definition) is 0. The average Bonchev–Trinajstić information content (AvgIpc) is 2.84. The molecule has 0 saturated heterocycles. The van der Waals surface area contributed by atoms with E-state index in [9.17, 15) is 8.78 Å². The fourth-order valence-electron chi connectivity index (χ4n) is 2.93. The van der Waals surface area contributed by atoms with Gasteiger partial charge in [-0.25, -0.2) is 8.78 Å². The first-order valence-corrected chi connectivity index (χ1v) is 5.71. The molecule has 1 saturated carbocycles. The Balaban J connectivity index is 1.90. The fourth-order valence-corrected chi connectivity index (χ4v) is 2.93. The molecule has 1 fully saturated rings. The minimum atomic E-state index is -1.23. The fraction of sp³-hybridized carbons (Fsp3) is 0.429. The van der Waals surface area contributed by atoms with Gasteiger partial charge in [0.1, 0.15) is 12.0 Å². The molecule has 84 valence electrons. The molecule has 1 aromatic rings. The lowest BCUT2D eigenvalue weighted by molar-refractivity contribution is 0.361. The third-order valence-electron chi connectivity index (χ3n) is 3.89. The molecular weight excluding hydrogens is 206 g/mol. The minimum Gasteiger partial charge on any atom is -0.242 e. The molecular formula is C14H14F2. The van der Waals surface area contributed by atoms with Crippen molar-refractivity contribution in [1.82, 2.24) is 0 Å². The summed E-state index contributed by atoms with van der Waals surface area (Å²) in [5.74, 6) is 1.33. The van der Waals surface area contributed by atoms with Crippen LogP contribution < -0.4 is 0 Å². The number of halogens is 2. The van der Waals surface area contributed by atoms with Crippen molar-refractivity contribution < 1.29 is 8.78 Å². The molecule has 2 aliphatic rings. The Bertz CT molecular complexity index is 474. The summed E-state index contributed by atoms with van der Waals surface area (Å²) in [6.45, 7) is 3.51. The van der Waals surface area contributed by atoms with E-state index in [0.29, 0.717) is 17.8 Å². The number of rotatable bonds is 2. The summed E-state index contributed by atoms with van der Waals surface area (Å²) < 4.78 is 26.5. The molecule has 0 radical (unpaired) electrons. The Kier molecular flexibility index (Phi) is 1.97. The van der Waals surface area contributed by atoms with Crippen molar-refractivity contribution in [1.29, 1.82) is 0 Å². The van der Waals surface area contributed by atoms with Gasteiger partial charge in [0.05, 0.1) is 0 Å². The maximum Gasteiger partial charge on any atom is 0.129 e. The molecule has 0 heterocycles. The van der Waals surface area contributed by atoms with E-state index in [1.54, 1.807) is 12.1 Å². The molecule has 1 aromatic carbocycles. The quantitative estimate of drug-likeness (QED) is 0.657. The van der Waals surface area contributed by atoms with Gasteiger partial charge in [-0.15, -0.1) is 0 Å². The van der Waals surface area contributed by atoms with Gasteiger partial charge in [0.25, 0.3) is 0 Å². The molecule has 0 bridgehead atoms. The maximum absolute atomic E-state index is 13.3. The van der Waals surface area contributed by atoms with Gasteiger partial charge in [0.15, 0.2) is 0 Å². The third kappa shape index (κ3) is 1.25. The van der Waals surface area contributed by atoms with Gasteiger partial charge in [-0.2, -0.15) is 0 Å². The van der Waals surface area contributed by atoms with Crippen LogP contribution in [0.25, 0.3) is 0 Å². The highest BCUT2D eigenvalue weighted by molar-refractivity contribution is 5.45. The van der Waals surface area contributed by atoms with Gasteiger partial charge >= 0.3 is 0 Å². The molecule has 4 unspecified atom stereocenters. The summed E-state index contributed by atoms with van der Waals surface area (Å²) in [4.78, 5) is 0. The first-order valence-electron chi connectivity index (χ1n) is 5.71. The van der Waals surface area contributed by atoms with Crippen LogP contribution in [0.5, 0.6) is 0 Å². The van der Waals surface area contributed by atoms with E-state index in [-0.39, 0.29) is 5.56 Å². The highest BCUT2D eigenvalue weighted by Gasteiger charge is 2.56. The smallest absolute Gasteiger partial charge is 0.129 e. The van der Waals surface area contributed by atoms with E-state index in [4.69, 9.17) is 0 Å². The van der Waals surface area contributed by atoms with E-state index in [1.807, 2.05) is 0 Å². The van der Waals surface area contributed by atoms with Crippen LogP contribution in [0.1, 0.15) is 37.1 Å². The second kappa shape index (κ2) is 3.16. The molecule has 0 aliphatic heterocycles. The Morgan fingerprint density at radius 3 is 2.50 bits per heavy atom. The van der Waals surface area contributed by atoms with Crippen molar-refractivity contribution in [3.05, 3.63) is 46.8 Å². The summed E-state index contributed by atoms with van der Waals surface area (Å²) in [5.41, 5.74) is 2.71. The molecule has 2 heteroatoms. The largest absolute Gasteiger partial charge is 0.242 e. The molecule has 0 N–H and O–H groups in total. The number of alkyl halides is 1. The predicted molar refractivity (Wildman–Crippen MR) is 59.4 cm³/mol. The third-order valence-corrected chi connectivity index (χ3v) is 3.89.